The molecule has 0 spiro atoms. The van der Waals surface area contributed by atoms with Gasteiger partial charge in [0.25, 0.3) is 5.89 Å². The molecule has 1 fully saturated rings. The first kappa shape index (κ1) is 18.2. The molecule has 1 aliphatic rings. The van der Waals surface area contributed by atoms with Crippen molar-refractivity contribution >= 4 is 5.91 Å². The van der Waals surface area contributed by atoms with E-state index in [2.05, 4.69) is 10.1 Å². The van der Waals surface area contributed by atoms with E-state index in [4.69, 9.17) is 9.26 Å². The lowest BCUT2D eigenvalue weighted by Gasteiger charge is -2.31. The van der Waals surface area contributed by atoms with Crippen molar-refractivity contribution < 1.29 is 22.8 Å². The van der Waals surface area contributed by atoms with Gasteiger partial charge < -0.3 is 14.2 Å². The van der Waals surface area contributed by atoms with Gasteiger partial charge in [0.2, 0.25) is 11.7 Å². The molecule has 6 nitrogen and oxygen atoms in total. The third-order valence-electron chi connectivity index (χ3n) is 4.51. The molecule has 1 atom stereocenters. The molecular weight excluding hydrogens is 368 g/mol. The molecule has 1 aromatic heterocycles. The van der Waals surface area contributed by atoms with E-state index < -0.39 is 6.10 Å². The van der Waals surface area contributed by atoms with Crippen molar-refractivity contribution in [2.45, 2.75) is 12.5 Å². The molecule has 1 amide bonds. The Labute approximate surface area is 159 Å². The van der Waals surface area contributed by atoms with Crippen LogP contribution in [0.15, 0.2) is 53.1 Å². The summed E-state index contributed by atoms with van der Waals surface area (Å²) in [4.78, 5) is 18.5. The van der Waals surface area contributed by atoms with Gasteiger partial charge >= 0.3 is 0 Å². The first-order valence-electron chi connectivity index (χ1n) is 8.82. The highest BCUT2D eigenvalue weighted by Crippen LogP contribution is 2.24. The summed E-state index contributed by atoms with van der Waals surface area (Å²) in [5, 5.41) is 3.91. The molecule has 0 bridgehead atoms. The van der Waals surface area contributed by atoms with E-state index in [-0.39, 0.29) is 36.4 Å². The number of carbonyl (C=O) groups is 1. The highest BCUT2D eigenvalue weighted by atomic mass is 19.1. The lowest BCUT2D eigenvalue weighted by atomic mass is 10.1. The molecule has 1 aliphatic heterocycles. The largest absolute Gasteiger partial charge is 0.365 e. The maximum atomic E-state index is 13.1. The minimum atomic E-state index is -0.535. The molecule has 1 saturated heterocycles. The van der Waals surface area contributed by atoms with Crippen LogP contribution in [-0.4, -0.2) is 40.6 Å². The third-order valence-corrected chi connectivity index (χ3v) is 4.51. The number of ether oxygens (including phenoxy) is 1. The standard InChI is InChI=1S/C20H17F2N3O3/c21-15-5-1-13(2-6-15)11-18(26)25-9-10-27-17(12-25)20-23-19(24-28-20)14-3-7-16(22)8-4-14/h1-8,17H,9-12H2. The quantitative estimate of drug-likeness (QED) is 0.690. The Balaban J connectivity index is 1.43. The Hall–Kier alpha value is -3.13. The van der Waals surface area contributed by atoms with Crippen molar-refractivity contribution in [1.82, 2.24) is 15.0 Å². The Morgan fingerprint density at radius 3 is 2.46 bits per heavy atom. The minimum absolute atomic E-state index is 0.0850. The van der Waals surface area contributed by atoms with E-state index in [9.17, 15) is 13.6 Å². The highest BCUT2D eigenvalue weighted by molar-refractivity contribution is 5.78. The van der Waals surface area contributed by atoms with Gasteiger partial charge in [-0.25, -0.2) is 8.78 Å². The van der Waals surface area contributed by atoms with Crippen molar-refractivity contribution in [3.63, 3.8) is 0 Å². The molecule has 28 heavy (non-hydrogen) atoms. The Bertz CT molecular complexity index is 958. The molecule has 4 rings (SSSR count). The number of rotatable bonds is 4. The van der Waals surface area contributed by atoms with E-state index in [0.29, 0.717) is 24.5 Å². The van der Waals surface area contributed by atoms with Crippen LogP contribution in [0.2, 0.25) is 0 Å². The van der Waals surface area contributed by atoms with Gasteiger partial charge in [-0.15, -0.1) is 0 Å². The number of halogens is 2. The number of morpholine rings is 1. The summed E-state index contributed by atoms with van der Waals surface area (Å²) in [6.45, 7) is 1.08. The zero-order chi connectivity index (χ0) is 19.5. The second kappa shape index (κ2) is 7.85. The van der Waals surface area contributed by atoms with Gasteiger partial charge in [0.15, 0.2) is 6.10 Å². The van der Waals surface area contributed by atoms with Gasteiger partial charge in [0.1, 0.15) is 11.6 Å². The predicted molar refractivity (Wildman–Crippen MR) is 95.1 cm³/mol. The molecule has 2 aromatic carbocycles. The van der Waals surface area contributed by atoms with Gasteiger partial charge in [-0.2, -0.15) is 4.98 Å². The summed E-state index contributed by atoms with van der Waals surface area (Å²) in [6.07, 6.45) is -0.356. The molecule has 0 saturated carbocycles. The van der Waals surface area contributed by atoms with E-state index >= 15 is 0 Å². The van der Waals surface area contributed by atoms with Crippen LogP contribution in [0.4, 0.5) is 8.78 Å². The number of benzene rings is 2. The maximum absolute atomic E-state index is 13.1. The topological polar surface area (TPSA) is 68.5 Å². The smallest absolute Gasteiger partial charge is 0.257 e. The van der Waals surface area contributed by atoms with E-state index in [1.54, 1.807) is 29.2 Å². The summed E-state index contributed by atoms with van der Waals surface area (Å²) in [5.74, 6) is -0.181. The first-order chi connectivity index (χ1) is 13.6. The van der Waals surface area contributed by atoms with Gasteiger partial charge in [0.05, 0.1) is 19.6 Å². The maximum Gasteiger partial charge on any atom is 0.257 e. The van der Waals surface area contributed by atoms with Gasteiger partial charge in [-0.05, 0) is 42.0 Å². The number of hydrogen-bond acceptors (Lipinski definition) is 5. The van der Waals surface area contributed by atoms with Crippen molar-refractivity contribution in [3.05, 3.63) is 71.6 Å². The fraction of sp³-hybridized carbons (Fsp3) is 0.250. The average molecular weight is 385 g/mol. The monoisotopic (exact) mass is 385 g/mol. The second-order valence-corrected chi connectivity index (χ2v) is 6.47. The zero-order valence-corrected chi connectivity index (χ0v) is 14.8. The zero-order valence-electron chi connectivity index (χ0n) is 14.8. The van der Waals surface area contributed by atoms with Crippen LogP contribution in [0.5, 0.6) is 0 Å². The fourth-order valence-corrected chi connectivity index (χ4v) is 3.00. The molecule has 1 unspecified atom stereocenters. The van der Waals surface area contributed by atoms with Crippen LogP contribution in [-0.2, 0) is 16.0 Å². The van der Waals surface area contributed by atoms with Crippen LogP contribution >= 0.6 is 0 Å². The summed E-state index contributed by atoms with van der Waals surface area (Å²) < 4.78 is 37.0. The third kappa shape index (κ3) is 4.07. The summed E-state index contributed by atoms with van der Waals surface area (Å²) in [7, 11) is 0. The fourth-order valence-electron chi connectivity index (χ4n) is 3.00. The van der Waals surface area contributed by atoms with Crippen molar-refractivity contribution in [2.75, 3.05) is 19.7 Å². The SMILES string of the molecule is O=C(Cc1ccc(F)cc1)N1CCOC(c2nc(-c3ccc(F)cc3)no2)C1. The van der Waals surface area contributed by atoms with Gasteiger partial charge in [-0.3, -0.25) is 4.79 Å². The van der Waals surface area contributed by atoms with Crippen molar-refractivity contribution in [2.24, 2.45) is 0 Å². The van der Waals surface area contributed by atoms with Crippen LogP contribution in [0.3, 0.4) is 0 Å². The summed E-state index contributed by atoms with van der Waals surface area (Å²) in [5.41, 5.74) is 1.36. The lowest BCUT2D eigenvalue weighted by Crippen LogP contribution is -2.43. The number of hydrogen-bond donors (Lipinski definition) is 0. The van der Waals surface area contributed by atoms with Gasteiger partial charge in [-0.1, -0.05) is 17.3 Å². The molecule has 0 aliphatic carbocycles. The second-order valence-electron chi connectivity index (χ2n) is 6.47. The number of carbonyl (C=O) groups excluding carboxylic acids is 1. The number of aromatic nitrogens is 2. The molecule has 144 valence electrons. The van der Waals surface area contributed by atoms with Crippen molar-refractivity contribution in [3.8, 4) is 11.4 Å². The molecule has 3 aromatic rings. The molecule has 8 heteroatoms. The molecule has 2 heterocycles. The number of amides is 1. The average Bonchev–Trinajstić information content (AvgIpc) is 3.21. The Morgan fingerprint density at radius 2 is 1.75 bits per heavy atom. The Kier molecular flexibility index (Phi) is 5.12. The molecule has 0 N–H and O–H groups in total. The molecular formula is C20H17F2N3O3. The highest BCUT2D eigenvalue weighted by Gasteiger charge is 2.29. The number of nitrogens with zero attached hydrogens (tertiary/aromatic N) is 3. The van der Waals surface area contributed by atoms with Crippen LogP contribution in [0.25, 0.3) is 11.4 Å². The normalized spacial score (nSPS) is 16.9. The predicted octanol–water partition coefficient (Wildman–Crippen LogP) is 3.16. The first-order valence-corrected chi connectivity index (χ1v) is 8.82. The lowest BCUT2D eigenvalue weighted by molar-refractivity contribution is -0.139. The van der Waals surface area contributed by atoms with E-state index in [0.717, 1.165) is 5.56 Å². The summed E-state index contributed by atoms with van der Waals surface area (Å²) in [6, 6.07) is 11.6. The van der Waals surface area contributed by atoms with Gasteiger partial charge in [0, 0.05) is 12.1 Å². The van der Waals surface area contributed by atoms with Crippen molar-refractivity contribution in [1.29, 1.82) is 0 Å². The Morgan fingerprint density at radius 1 is 1.07 bits per heavy atom. The minimum Gasteiger partial charge on any atom is -0.365 e. The molecule has 0 radical (unpaired) electrons. The van der Waals surface area contributed by atoms with E-state index in [1.165, 1.54) is 24.3 Å². The summed E-state index contributed by atoms with van der Waals surface area (Å²) >= 11 is 0. The van der Waals surface area contributed by atoms with Crippen LogP contribution in [0.1, 0.15) is 17.6 Å². The van der Waals surface area contributed by atoms with Crippen LogP contribution < -0.4 is 0 Å². The van der Waals surface area contributed by atoms with Crippen LogP contribution in [0, 0.1) is 11.6 Å². The van der Waals surface area contributed by atoms with E-state index in [1.807, 2.05) is 0 Å².